The maximum atomic E-state index is 12.0. The molecule has 0 aromatic carbocycles. The lowest BCUT2D eigenvalue weighted by Gasteiger charge is -2.16. The highest BCUT2D eigenvalue weighted by Gasteiger charge is 2.37. The minimum atomic E-state index is -4.70. The molecule has 1 aromatic rings. The quantitative estimate of drug-likeness (QED) is 0.735. The Morgan fingerprint density at radius 1 is 1.59 bits per heavy atom. The number of hydrogen-bond donors (Lipinski definition) is 3. The van der Waals surface area contributed by atoms with Crippen LogP contribution in [0.5, 0.6) is 0 Å². The van der Waals surface area contributed by atoms with Crippen molar-refractivity contribution in [2.24, 2.45) is 0 Å². The summed E-state index contributed by atoms with van der Waals surface area (Å²) in [6.07, 6.45) is -6.04. The number of rotatable bonds is 3. The van der Waals surface area contributed by atoms with Crippen LogP contribution >= 0.6 is 0 Å². The first-order valence-electron chi connectivity index (χ1n) is 4.49. The van der Waals surface area contributed by atoms with Crippen molar-refractivity contribution < 1.29 is 18.3 Å². The van der Waals surface area contributed by atoms with E-state index in [1.807, 2.05) is 0 Å². The van der Waals surface area contributed by atoms with Gasteiger partial charge >= 0.3 is 6.18 Å². The Hall–Kier alpha value is -2.01. The van der Waals surface area contributed by atoms with Gasteiger partial charge in [0, 0.05) is 6.20 Å². The van der Waals surface area contributed by atoms with Gasteiger partial charge < -0.3 is 16.2 Å². The molecule has 0 saturated carbocycles. The number of aliphatic hydroxyl groups excluding tert-OH is 1. The third-order valence-corrected chi connectivity index (χ3v) is 1.89. The maximum absolute atomic E-state index is 12.0. The summed E-state index contributed by atoms with van der Waals surface area (Å²) in [6.45, 7) is -0.757. The van der Waals surface area contributed by atoms with Crippen LogP contribution in [-0.4, -0.2) is 28.9 Å². The number of nitrogens with one attached hydrogen (secondary N) is 1. The van der Waals surface area contributed by atoms with E-state index in [1.165, 1.54) is 12.3 Å². The number of alkyl halides is 3. The molecule has 0 bridgehead atoms. The van der Waals surface area contributed by atoms with Gasteiger partial charge in [-0.3, -0.25) is 0 Å². The zero-order valence-electron chi connectivity index (χ0n) is 8.49. The predicted molar refractivity (Wildman–Crippen MR) is 53.9 cm³/mol. The van der Waals surface area contributed by atoms with Gasteiger partial charge in [-0.25, -0.2) is 4.98 Å². The number of aliphatic hydroxyl groups is 1. The molecule has 0 spiro atoms. The third kappa shape index (κ3) is 3.49. The molecule has 0 saturated heterocycles. The molecule has 4 N–H and O–H groups in total. The highest BCUT2D eigenvalue weighted by Crippen LogP contribution is 2.21. The molecule has 1 atom stereocenters. The summed E-state index contributed by atoms with van der Waals surface area (Å²) in [7, 11) is 0. The fourth-order valence-electron chi connectivity index (χ4n) is 1.000. The molecule has 0 aliphatic heterocycles. The zero-order valence-corrected chi connectivity index (χ0v) is 8.49. The molecule has 0 radical (unpaired) electrons. The molecule has 0 fully saturated rings. The number of aromatic nitrogens is 1. The monoisotopic (exact) mass is 246 g/mol. The Morgan fingerprint density at radius 3 is 2.71 bits per heavy atom. The van der Waals surface area contributed by atoms with Crippen LogP contribution in [-0.2, 0) is 0 Å². The second-order valence-corrected chi connectivity index (χ2v) is 3.21. The first-order valence-corrected chi connectivity index (χ1v) is 4.49. The number of anilines is 2. The minimum absolute atomic E-state index is 0.00713. The van der Waals surface area contributed by atoms with Crippen LogP contribution < -0.4 is 11.1 Å². The van der Waals surface area contributed by atoms with Crippen molar-refractivity contribution in [1.82, 2.24) is 4.98 Å². The lowest BCUT2D eigenvalue weighted by atomic mass is 10.2. The van der Waals surface area contributed by atoms with E-state index in [4.69, 9.17) is 16.1 Å². The Morgan fingerprint density at radius 2 is 2.24 bits per heavy atom. The summed E-state index contributed by atoms with van der Waals surface area (Å²) in [5.41, 5.74) is 5.69. The second-order valence-electron chi connectivity index (χ2n) is 3.21. The smallest absolute Gasteiger partial charge is 0.396 e. The highest BCUT2D eigenvalue weighted by molar-refractivity contribution is 5.63. The van der Waals surface area contributed by atoms with Crippen LogP contribution in [0.4, 0.5) is 24.7 Å². The van der Waals surface area contributed by atoms with Crippen molar-refractivity contribution in [2.75, 3.05) is 17.6 Å². The maximum Gasteiger partial charge on any atom is 0.416 e. The molecule has 0 aliphatic rings. The molecule has 1 heterocycles. The summed E-state index contributed by atoms with van der Waals surface area (Å²) in [6, 6.07) is 3.06. The van der Waals surface area contributed by atoms with Crippen molar-refractivity contribution >= 4 is 11.5 Å². The minimum Gasteiger partial charge on any atom is -0.396 e. The second kappa shape index (κ2) is 4.88. The molecular formula is C9H9F3N4O. The highest BCUT2D eigenvalue weighted by atomic mass is 19.4. The Bertz CT molecular complexity index is 441. The number of nitrogens with zero attached hydrogens (tertiary/aromatic N) is 2. The van der Waals surface area contributed by atoms with Gasteiger partial charge in [-0.2, -0.15) is 18.4 Å². The number of nitriles is 1. The van der Waals surface area contributed by atoms with E-state index in [1.54, 1.807) is 6.07 Å². The molecule has 92 valence electrons. The summed E-state index contributed by atoms with van der Waals surface area (Å²) in [4.78, 5) is 3.67. The molecule has 8 heteroatoms. The first-order chi connectivity index (χ1) is 7.84. The van der Waals surface area contributed by atoms with Gasteiger partial charge in [0.25, 0.3) is 0 Å². The number of nitrogen functional groups attached to an aromatic ring is 1. The average Bonchev–Trinajstić information content (AvgIpc) is 2.25. The van der Waals surface area contributed by atoms with Gasteiger partial charge in [0.2, 0.25) is 0 Å². The normalized spacial score (nSPS) is 12.9. The number of hydrogen-bond acceptors (Lipinski definition) is 5. The van der Waals surface area contributed by atoms with Crippen molar-refractivity contribution in [3.05, 3.63) is 17.8 Å². The fourth-order valence-corrected chi connectivity index (χ4v) is 1.000. The standard InChI is InChI=1S/C9H9F3N4O/c10-9(11,12)7(17)4-16-8-6(14)1-5(2-13)3-15-8/h1,3,7,17H,4,14H2,(H,15,16). The largest absolute Gasteiger partial charge is 0.416 e. The van der Waals surface area contributed by atoms with Crippen molar-refractivity contribution in [1.29, 1.82) is 5.26 Å². The van der Waals surface area contributed by atoms with Crippen molar-refractivity contribution in [3.8, 4) is 6.07 Å². The van der Waals surface area contributed by atoms with E-state index in [0.717, 1.165) is 0 Å². The van der Waals surface area contributed by atoms with E-state index < -0.39 is 18.8 Å². The zero-order chi connectivity index (χ0) is 13.1. The van der Waals surface area contributed by atoms with Crippen LogP contribution in [0.15, 0.2) is 12.3 Å². The lowest BCUT2D eigenvalue weighted by molar-refractivity contribution is -0.198. The van der Waals surface area contributed by atoms with Gasteiger partial charge in [-0.05, 0) is 6.07 Å². The first kappa shape index (κ1) is 13.1. The van der Waals surface area contributed by atoms with E-state index in [9.17, 15) is 13.2 Å². The van der Waals surface area contributed by atoms with Gasteiger partial charge in [0.15, 0.2) is 6.10 Å². The fraction of sp³-hybridized carbons (Fsp3) is 0.333. The SMILES string of the molecule is N#Cc1cnc(NCC(O)C(F)(F)F)c(N)c1. The molecule has 1 aromatic heterocycles. The van der Waals surface area contributed by atoms with Crippen LogP contribution in [0.2, 0.25) is 0 Å². The number of nitrogens with two attached hydrogens (primary N) is 1. The molecule has 0 aliphatic carbocycles. The molecular weight excluding hydrogens is 237 g/mol. The number of pyridine rings is 1. The molecule has 1 unspecified atom stereocenters. The van der Waals surface area contributed by atoms with Gasteiger partial charge in [-0.15, -0.1) is 0 Å². The van der Waals surface area contributed by atoms with Crippen LogP contribution in [0, 0.1) is 11.3 Å². The van der Waals surface area contributed by atoms with E-state index >= 15 is 0 Å². The topological polar surface area (TPSA) is 95.0 Å². The van der Waals surface area contributed by atoms with Crippen LogP contribution in [0.1, 0.15) is 5.56 Å². The Kier molecular flexibility index (Phi) is 3.75. The van der Waals surface area contributed by atoms with Crippen molar-refractivity contribution in [3.63, 3.8) is 0 Å². The molecule has 17 heavy (non-hydrogen) atoms. The molecule has 0 amide bonds. The predicted octanol–water partition coefficient (Wildman–Crippen LogP) is 0.871. The summed E-state index contributed by atoms with van der Waals surface area (Å²) >= 11 is 0. The lowest BCUT2D eigenvalue weighted by Crippen LogP contribution is -2.35. The van der Waals surface area contributed by atoms with Gasteiger partial charge in [-0.1, -0.05) is 0 Å². The molecule has 5 nitrogen and oxygen atoms in total. The number of halogens is 3. The summed E-state index contributed by atoms with van der Waals surface area (Å²) in [5, 5.41) is 19.5. The molecule has 1 rings (SSSR count). The van der Waals surface area contributed by atoms with Crippen molar-refractivity contribution in [2.45, 2.75) is 12.3 Å². The Labute approximate surface area is 94.7 Å². The van der Waals surface area contributed by atoms with E-state index in [2.05, 4.69) is 10.3 Å². The summed E-state index contributed by atoms with van der Waals surface area (Å²) < 4.78 is 36.0. The van der Waals surface area contributed by atoms with E-state index in [-0.39, 0.29) is 17.1 Å². The van der Waals surface area contributed by atoms with Crippen LogP contribution in [0.25, 0.3) is 0 Å². The van der Waals surface area contributed by atoms with E-state index in [0.29, 0.717) is 0 Å². The third-order valence-electron chi connectivity index (χ3n) is 1.89. The Balaban J connectivity index is 2.68. The van der Waals surface area contributed by atoms with Gasteiger partial charge in [0.1, 0.15) is 11.9 Å². The van der Waals surface area contributed by atoms with Crippen LogP contribution in [0.3, 0.4) is 0 Å². The summed E-state index contributed by atoms with van der Waals surface area (Å²) in [5.74, 6) is -0.00713. The van der Waals surface area contributed by atoms with Gasteiger partial charge in [0.05, 0.1) is 17.8 Å². The average molecular weight is 246 g/mol.